The van der Waals surface area contributed by atoms with E-state index in [-0.39, 0.29) is 18.3 Å². The largest absolute Gasteiger partial charge is 0.374 e. The average Bonchev–Trinajstić information content (AvgIpc) is 3.07. The van der Waals surface area contributed by atoms with E-state index < -0.39 is 6.10 Å². The van der Waals surface area contributed by atoms with Crippen LogP contribution in [0, 0.1) is 0 Å². The summed E-state index contributed by atoms with van der Waals surface area (Å²) in [5.74, 6) is 0. The summed E-state index contributed by atoms with van der Waals surface area (Å²) in [4.78, 5) is 0. The van der Waals surface area contributed by atoms with E-state index >= 15 is 0 Å². The third-order valence-electron chi connectivity index (χ3n) is 7.77. The molecule has 3 unspecified atom stereocenters. The Morgan fingerprint density at radius 3 is 1.70 bits per heavy atom. The van der Waals surface area contributed by atoms with Crippen molar-refractivity contribution in [2.45, 2.75) is 50.8 Å². The van der Waals surface area contributed by atoms with Crippen molar-refractivity contribution in [2.24, 2.45) is 0 Å². The first-order chi connectivity index (χ1) is 21.3. The third kappa shape index (κ3) is 8.17. The predicted octanol–water partition coefficient (Wildman–Crippen LogP) is 7.51. The van der Waals surface area contributed by atoms with Crippen LogP contribution in [0.5, 0.6) is 0 Å². The number of hydrogen-bond donors (Lipinski definition) is 0. The molecule has 1 aliphatic rings. The van der Waals surface area contributed by atoms with E-state index in [1.165, 1.54) is 10.8 Å². The van der Waals surface area contributed by atoms with Gasteiger partial charge in [-0.1, -0.05) is 127 Å². The van der Waals surface area contributed by atoms with Crippen LogP contribution in [0.15, 0.2) is 133 Å². The van der Waals surface area contributed by atoms with Crippen LogP contribution >= 0.6 is 0 Å². The lowest BCUT2D eigenvalue weighted by atomic mass is 9.99. The number of ether oxygens (including phenoxy) is 5. The molecule has 1 fully saturated rings. The molecule has 43 heavy (non-hydrogen) atoms. The Hall–Kier alpha value is -3.84. The topological polar surface area (TPSA) is 46.2 Å². The Balaban J connectivity index is 1.22. The lowest BCUT2D eigenvalue weighted by Gasteiger charge is -2.42. The molecule has 5 nitrogen and oxygen atoms in total. The zero-order chi connectivity index (χ0) is 29.1. The van der Waals surface area contributed by atoms with Crippen LogP contribution in [-0.2, 0) is 50.1 Å². The van der Waals surface area contributed by atoms with Gasteiger partial charge >= 0.3 is 0 Å². The Kier molecular flexibility index (Phi) is 10.2. The zero-order valence-electron chi connectivity index (χ0n) is 24.3. The smallest absolute Gasteiger partial charge is 0.115 e. The molecule has 0 saturated carbocycles. The van der Waals surface area contributed by atoms with Crippen molar-refractivity contribution in [3.05, 3.63) is 156 Å². The molecule has 0 radical (unpaired) electrons. The van der Waals surface area contributed by atoms with E-state index in [1.54, 1.807) is 0 Å². The fourth-order valence-corrected chi connectivity index (χ4v) is 5.45. The van der Waals surface area contributed by atoms with Crippen molar-refractivity contribution in [3.8, 4) is 0 Å². The quantitative estimate of drug-likeness (QED) is 0.146. The van der Waals surface area contributed by atoms with E-state index in [4.69, 9.17) is 23.7 Å². The molecule has 0 N–H and O–H groups in total. The maximum atomic E-state index is 6.73. The monoisotopic (exact) mass is 574 g/mol. The van der Waals surface area contributed by atoms with Crippen LogP contribution < -0.4 is 0 Å². The highest BCUT2D eigenvalue weighted by Crippen LogP contribution is 2.28. The van der Waals surface area contributed by atoms with Gasteiger partial charge in [-0.05, 0) is 39.1 Å². The van der Waals surface area contributed by atoms with Crippen LogP contribution in [-0.4, -0.2) is 37.6 Å². The van der Waals surface area contributed by atoms with Crippen LogP contribution in [0.3, 0.4) is 0 Å². The van der Waals surface area contributed by atoms with Gasteiger partial charge in [-0.15, -0.1) is 0 Å². The summed E-state index contributed by atoms with van der Waals surface area (Å²) < 4.78 is 32.4. The molecule has 4 atom stereocenters. The normalized spacial score (nSPS) is 20.3. The third-order valence-corrected chi connectivity index (χ3v) is 7.77. The molecule has 0 spiro atoms. The van der Waals surface area contributed by atoms with Crippen molar-refractivity contribution < 1.29 is 23.7 Å². The number of hydrogen-bond acceptors (Lipinski definition) is 5. The molecule has 0 aromatic heterocycles. The van der Waals surface area contributed by atoms with E-state index in [1.807, 2.05) is 54.6 Å². The van der Waals surface area contributed by atoms with E-state index in [9.17, 15) is 0 Å². The van der Waals surface area contributed by atoms with Gasteiger partial charge in [-0.25, -0.2) is 0 Å². The van der Waals surface area contributed by atoms with E-state index in [0.717, 1.165) is 22.3 Å². The predicted molar refractivity (Wildman–Crippen MR) is 168 cm³/mol. The molecule has 5 aromatic rings. The molecule has 1 heterocycles. The number of benzene rings is 5. The maximum Gasteiger partial charge on any atom is 0.115 e. The molecule has 5 aromatic carbocycles. The Bertz CT molecular complexity index is 1530. The van der Waals surface area contributed by atoms with Crippen LogP contribution in [0.4, 0.5) is 0 Å². The summed E-state index contributed by atoms with van der Waals surface area (Å²) in [5.41, 5.74) is 4.41. The second-order valence-corrected chi connectivity index (χ2v) is 10.9. The van der Waals surface area contributed by atoms with Crippen molar-refractivity contribution >= 4 is 10.8 Å². The van der Waals surface area contributed by atoms with Crippen molar-refractivity contribution in [3.63, 3.8) is 0 Å². The van der Waals surface area contributed by atoms with Crippen LogP contribution in [0.2, 0.25) is 0 Å². The van der Waals surface area contributed by atoms with Gasteiger partial charge in [-0.3, -0.25) is 0 Å². The lowest BCUT2D eigenvalue weighted by molar-refractivity contribution is -0.246. The number of rotatable bonds is 13. The molecular formula is C38H38O5. The Labute approximate surface area is 253 Å². The summed E-state index contributed by atoms with van der Waals surface area (Å²) in [6.07, 6.45) is -1.39. The minimum absolute atomic E-state index is 0.313. The van der Waals surface area contributed by atoms with Gasteiger partial charge in [-0.2, -0.15) is 0 Å². The molecule has 0 bridgehead atoms. The standard InChI is InChI=1S/C38H38O5/c1-4-12-29(13-5-1)23-39-27-35-37(42-25-31-16-8-3-9-17-31)38(36(28-41-35)40-24-30-14-6-2-7-15-30)43-26-32-20-21-33-18-10-11-19-34(33)22-32/h1-22,35-38H,23-28H2/t35?,36?,37-,38?/m1/s1. The molecule has 1 saturated heterocycles. The van der Waals surface area contributed by atoms with E-state index in [0.29, 0.717) is 39.6 Å². The Morgan fingerprint density at radius 1 is 0.488 bits per heavy atom. The van der Waals surface area contributed by atoms with Gasteiger partial charge in [0.05, 0.1) is 39.6 Å². The second-order valence-electron chi connectivity index (χ2n) is 10.9. The van der Waals surface area contributed by atoms with E-state index in [2.05, 4.69) is 78.9 Å². The fraction of sp³-hybridized carbons (Fsp3) is 0.263. The first kappa shape index (κ1) is 29.2. The molecule has 0 aliphatic carbocycles. The van der Waals surface area contributed by atoms with Crippen molar-refractivity contribution in [1.29, 1.82) is 0 Å². The summed E-state index contributed by atoms with van der Waals surface area (Å²) in [5, 5.41) is 2.40. The first-order valence-electron chi connectivity index (χ1n) is 15.0. The first-order valence-corrected chi connectivity index (χ1v) is 15.0. The van der Waals surface area contributed by atoms with Crippen LogP contribution in [0.1, 0.15) is 22.3 Å². The summed E-state index contributed by atoms with van der Waals surface area (Å²) in [6.45, 7) is 2.61. The number of fused-ring (bicyclic) bond motifs is 1. The minimum atomic E-state index is -0.397. The Morgan fingerprint density at radius 2 is 1.02 bits per heavy atom. The van der Waals surface area contributed by atoms with Gasteiger partial charge in [0, 0.05) is 0 Å². The molecular weight excluding hydrogens is 536 g/mol. The minimum Gasteiger partial charge on any atom is -0.374 e. The molecule has 220 valence electrons. The zero-order valence-corrected chi connectivity index (χ0v) is 24.3. The van der Waals surface area contributed by atoms with Crippen molar-refractivity contribution in [2.75, 3.05) is 13.2 Å². The highest BCUT2D eigenvalue weighted by molar-refractivity contribution is 5.82. The lowest BCUT2D eigenvalue weighted by Crippen LogP contribution is -2.57. The summed E-state index contributed by atoms with van der Waals surface area (Å²) >= 11 is 0. The van der Waals surface area contributed by atoms with Gasteiger partial charge in [0.15, 0.2) is 0 Å². The van der Waals surface area contributed by atoms with Gasteiger partial charge in [0.25, 0.3) is 0 Å². The molecule has 5 heteroatoms. The fourth-order valence-electron chi connectivity index (χ4n) is 5.45. The van der Waals surface area contributed by atoms with Gasteiger partial charge in [0.1, 0.15) is 24.4 Å². The second kappa shape index (κ2) is 15.1. The highest BCUT2D eigenvalue weighted by Gasteiger charge is 2.43. The average molecular weight is 575 g/mol. The van der Waals surface area contributed by atoms with Gasteiger partial charge in [0.2, 0.25) is 0 Å². The van der Waals surface area contributed by atoms with Crippen molar-refractivity contribution in [1.82, 2.24) is 0 Å². The van der Waals surface area contributed by atoms with Gasteiger partial charge < -0.3 is 23.7 Å². The summed E-state index contributed by atoms with van der Waals surface area (Å²) in [6, 6.07) is 45.4. The van der Waals surface area contributed by atoms with Crippen LogP contribution in [0.25, 0.3) is 10.8 Å². The maximum absolute atomic E-state index is 6.73. The highest BCUT2D eigenvalue weighted by atomic mass is 16.6. The SMILES string of the molecule is c1ccc(COCC2OCC(OCc3ccccc3)C(OCc3ccc4ccccc4c3)[C@@H]2OCc2ccccc2)cc1. The molecule has 0 amide bonds. The molecule has 6 rings (SSSR count). The molecule has 1 aliphatic heterocycles. The summed E-state index contributed by atoms with van der Waals surface area (Å²) in [7, 11) is 0.